The summed E-state index contributed by atoms with van der Waals surface area (Å²) in [7, 11) is 0. The second kappa shape index (κ2) is 10.1. The number of carbonyl (C=O) groups excluding carboxylic acids is 3. The van der Waals surface area contributed by atoms with Gasteiger partial charge in [-0.3, -0.25) is 24.6 Å². The van der Waals surface area contributed by atoms with E-state index in [1.165, 1.54) is 0 Å². The van der Waals surface area contributed by atoms with Crippen LogP contribution in [0.1, 0.15) is 25.7 Å². The van der Waals surface area contributed by atoms with Crippen LogP contribution in [0.4, 0.5) is 0 Å². The summed E-state index contributed by atoms with van der Waals surface area (Å²) >= 11 is 0. The van der Waals surface area contributed by atoms with Crippen LogP contribution in [0.5, 0.6) is 0 Å². The first-order chi connectivity index (χ1) is 16.6. The Labute approximate surface area is 199 Å². The van der Waals surface area contributed by atoms with Gasteiger partial charge in [-0.25, -0.2) is 0 Å². The summed E-state index contributed by atoms with van der Waals surface area (Å²) in [6, 6.07) is -0.599. The molecule has 0 radical (unpaired) electrons. The first kappa shape index (κ1) is 22.8. The van der Waals surface area contributed by atoms with Crippen LogP contribution in [0, 0.1) is 5.92 Å². The average Bonchev–Trinajstić information content (AvgIpc) is 3.01. The van der Waals surface area contributed by atoms with Crippen molar-refractivity contribution in [1.82, 2.24) is 15.1 Å². The molecule has 2 atom stereocenters. The highest BCUT2D eigenvalue weighted by molar-refractivity contribution is 6.05. The van der Waals surface area contributed by atoms with Crippen molar-refractivity contribution in [2.24, 2.45) is 5.92 Å². The van der Waals surface area contributed by atoms with Gasteiger partial charge in [-0.15, -0.1) is 0 Å². The first-order valence-electron chi connectivity index (χ1n) is 12.1. The van der Waals surface area contributed by atoms with E-state index in [1.807, 2.05) is 6.08 Å². The number of carbonyl (C=O) groups is 3. The molecule has 0 spiro atoms. The first-order valence-corrected chi connectivity index (χ1v) is 12.1. The molecule has 3 aliphatic heterocycles. The van der Waals surface area contributed by atoms with Crippen molar-refractivity contribution in [2.45, 2.75) is 31.7 Å². The van der Waals surface area contributed by atoms with Crippen molar-refractivity contribution >= 4 is 17.7 Å². The zero-order chi connectivity index (χ0) is 23.5. The number of allylic oxidation sites excluding steroid dienone is 3. The van der Waals surface area contributed by atoms with Crippen molar-refractivity contribution in [3.8, 4) is 0 Å². The van der Waals surface area contributed by atoms with Crippen LogP contribution in [0.3, 0.4) is 0 Å². The maximum atomic E-state index is 13.0. The quantitative estimate of drug-likeness (QED) is 0.600. The molecule has 0 aromatic heterocycles. The molecule has 0 saturated carbocycles. The molecule has 0 aromatic rings. The van der Waals surface area contributed by atoms with Crippen molar-refractivity contribution in [3.05, 3.63) is 58.9 Å². The number of piperidine rings is 1. The third-order valence-electron chi connectivity index (χ3n) is 7.01. The lowest BCUT2D eigenvalue weighted by molar-refractivity contribution is -0.142. The number of ether oxygens (including phenoxy) is 2. The Morgan fingerprint density at radius 2 is 1.94 bits per heavy atom. The summed E-state index contributed by atoms with van der Waals surface area (Å²) in [6.45, 7) is 5.30. The fourth-order valence-corrected chi connectivity index (χ4v) is 5.12. The van der Waals surface area contributed by atoms with Gasteiger partial charge in [0.15, 0.2) is 0 Å². The van der Waals surface area contributed by atoms with E-state index < -0.39 is 6.04 Å². The predicted molar refractivity (Wildman–Crippen MR) is 125 cm³/mol. The second-order valence-corrected chi connectivity index (χ2v) is 9.32. The molecule has 3 amide bonds. The molecule has 34 heavy (non-hydrogen) atoms. The van der Waals surface area contributed by atoms with Crippen LogP contribution in [0.25, 0.3) is 0 Å². The van der Waals surface area contributed by atoms with Crippen LogP contribution in [-0.4, -0.2) is 79.6 Å². The molecule has 0 aromatic carbocycles. The Morgan fingerprint density at radius 3 is 2.76 bits per heavy atom. The topological polar surface area (TPSA) is 88.2 Å². The summed E-state index contributed by atoms with van der Waals surface area (Å²) in [4.78, 5) is 40.9. The van der Waals surface area contributed by atoms with E-state index in [1.54, 1.807) is 4.90 Å². The van der Waals surface area contributed by atoms with Gasteiger partial charge in [0.2, 0.25) is 11.8 Å². The van der Waals surface area contributed by atoms with E-state index >= 15 is 0 Å². The number of nitrogens with one attached hydrogen (secondary N) is 1. The van der Waals surface area contributed by atoms with E-state index in [9.17, 15) is 14.4 Å². The van der Waals surface area contributed by atoms with Gasteiger partial charge in [0.25, 0.3) is 5.91 Å². The molecule has 2 saturated heterocycles. The zero-order valence-corrected chi connectivity index (χ0v) is 19.3. The number of hydrogen-bond acceptors (Lipinski definition) is 6. The summed E-state index contributed by atoms with van der Waals surface area (Å²) in [5.41, 5.74) is 2.68. The fraction of sp³-hybridized carbons (Fsp3) is 0.500. The smallest absolute Gasteiger partial charge is 0.251 e. The van der Waals surface area contributed by atoms with Gasteiger partial charge < -0.3 is 14.4 Å². The molecule has 5 aliphatic rings. The van der Waals surface area contributed by atoms with E-state index in [0.29, 0.717) is 31.9 Å². The van der Waals surface area contributed by atoms with Gasteiger partial charge in [-0.05, 0) is 30.9 Å². The van der Waals surface area contributed by atoms with Crippen LogP contribution < -0.4 is 5.32 Å². The average molecular weight is 466 g/mol. The Kier molecular flexibility index (Phi) is 6.78. The highest BCUT2D eigenvalue weighted by Gasteiger charge is 2.41. The van der Waals surface area contributed by atoms with Crippen molar-refractivity contribution in [3.63, 3.8) is 0 Å². The molecule has 5 rings (SSSR count). The normalized spacial score (nSPS) is 27.9. The van der Waals surface area contributed by atoms with E-state index in [4.69, 9.17) is 9.47 Å². The Balaban J connectivity index is 1.18. The molecule has 3 heterocycles. The molecule has 180 valence electrons. The number of rotatable bonds is 6. The minimum absolute atomic E-state index is 0.110. The lowest BCUT2D eigenvalue weighted by Gasteiger charge is -2.30. The number of imide groups is 1. The monoisotopic (exact) mass is 465 g/mol. The maximum absolute atomic E-state index is 13.0. The van der Waals surface area contributed by atoms with Gasteiger partial charge in [0.05, 0.1) is 19.8 Å². The van der Waals surface area contributed by atoms with Crippen molar-refractivity contribution in [1.29, 1.82) is 0 Å². The fourth-order valence-electron chi connectivity index (χ4n) is 5.12. The molecular formula is C26H31N3O5. The largest absolute Gasteiger partial charge is 0.489 e. The minimum Gasteiger partial charge on any atom is -0.489 e. The van der Waals surface area contributed by atoms with Crippen LogP contribution in [-0.2, 0) is 23.9 Å². The van der Waals surface area contributed by atoms with Crippen molar-refractivity contribution < 1.29 is 23.9 Å². The van der Waals surface area contributed by atoms with Gasteiger partial charge in [0.1, 0.15) is 18.4 Å². The summed E-state index contributed by atoms with van der Waals surface area (Å²) in [5.74, 6) is 0.311. The third kappa shape index (κ3) is 4.93. The molecule has 2 fully saturated rings. The highest BCUT2D eigenvalue weighted by Crippen LogP contribution is 2.35. The molecule has 2 aliphatic carbocycles. The number of hydrogen-bond donors (Lipinski definition) is 1. The van der Waals surface area contributed by atoms with Crippen molar-refractivity contribution in [2.75, 3.05) is 46.0 Å². The number of morpholine rings is 1. The van der Waals surface area contributed by atoms with Crippen LogP contribution in [0.15, 0.2) is 58.9 Å². The SMILES string of the molecule is O=C1CC[C@H](N2CC3=C(CCC=C3OCC3=CC=CC(CN4CCOCC4)C=C3)C2=O)C(=O)N1. The van der Waals surface area contributed by atoms with Crippen LogP contribution >= 0.6 is 0 Å². The second-order valence-electron chi connectivity index (χ2n) is 9.32. The lowest BCUT2D eigenvalue weighted by Crippen LogP contribution is -2.53. The zero-order valence-electron chi connectivity index (χ0n) is 19.3. The van der Waals surface area contributed by atoms with Crippen LogP contribution in [0.2, 0.25) is 0 Å². The molecule has 1 unspecified atom stereocenters. The Morgan fingerprint density at radius 1 is 1.09 bits per heavy atom. The molecule has 8 nitrogen and oxygen atoms in total. The van der Waals surface area contributed by atoms with Gasteiger partial charge in [-0.2, -0.15) is 0 Å². The Hall–Kier alpha value is -2.97. The highest BCUT2D eigenvalue weighted by atomic mass is 16.5. The predicted octanol–water partition coefficient (Wildman–Crippen LogP) is 1.63. The summed E-state index contributed by atoms with van der Waals surface area (Å²) < 4.78 is 11.6. The third-order valence-corrected chi connectivity index (χ3v) is 7.01. The van der Waals surface area contributed by atoms with Gasteiger partial charge in [-0.1, -0.05) is 30.4 Å². The number of nitrogens with zero attached hydrogens (tertiary/aromatic N) is 2. The van der Waals surface area contributed by atoms with Gasteiger partial charge >= 0.3 is 0 Å². The minimum atomic E-state index is -0.599. The lowest BCUT2D eigenvalue weighted by atomic mass is 9.98. The van der Waals surface area contributed by atoms with Gasteiger partial charge in [0, 0.05) is 43.1 Å². The standard InChI is InChI=1S/C26H31N3O5/c30-24-10-9-22(25(31)27-24)29-16-21-20(26(29)32)5-2-6-23(21)34-17-19-4-1-3-18(7-8-19)15-28-11-13-33-14-12-28/h1,3-4,6-8,18,22H,2,5,9-17H2,(H,27,30,31)/t18?,22-/m0/s1. The summed E-state index contributed by atoms with van der Waals surface area (Å²) in [5, 5.41) is 2.36. The van der Waals surface area contributed by atoms with E-state index in [-0.39, 0.29) is 24.1 Å². The van der Waals surface area contributed by atoms with E-state index in [0.717, 1.165) is 61.7 Å². The molecule has 8 heteroatoms. The Bertz CT molecular complexity index is 1020. The number of amides is 3. The molecule has 0 bridgehead atoms. The maximum Gasteiger partial charge on any atom is 0.251 e. The summed E-state index contributed by atoms with van der Waals surface area (Å²) in [6.07, 6.45) is 14.8. The molecular weight excluding hydrogens is 434 g/mol. The van der Waals surface area contributed by atoms with E-state index in [2.05, 4.69) is 40.6 Å². The molecule has 1 N–H and O–H groups in total.